The van der Waals surface area contributed by atoms with E-state index in [1.807, 2.05) is 12.1 Å². The number of hydrogen-bond donors (Lipinski definition) is 2. The molecule has 0 unspecified atom stereocenters. The van der Waals surface area contributed by atoms with Gasteiger partial charge in [0.25, 0.3) is 5.91 Å². The van der Waals surface area contributed by atoms with Crippen molar-refractivity contribution >= 4 is 23.4 Å². The fraction of sp³-hybridized carbons (Fsp3) is 0.348. The van der Waals surface area contributed by atoms with Crippen molar-refractivity contribution in [3.8, 4) is 11.5 Å². The number of nitrogens with zero attached hydrogens (tertiary/aromatic N) is 1. The van der Waals surface area contributed by atoms with E-state index in [0.29, 0.717) is 35.8 Å². The van der Waals surface area contributed by atoms with E-state index < -0.39 is 6.04 Å². The first-order valence-electron chi connectivity index (χ1n) is 10.2. The summed E-state index contributed by atoms with van der Waals surface area (Å²) in [5, 5.41) is 5.50. The minimum absolute atomic E-state index is 0.0516. The third kappa shape index (κ3) is 4.19. The Morgan fingerprint density at radius 3 is 2.55 bits per heavy atom. The van der Waals surface area contributed by atoms with E-state index >= 15 is 0 Å². The molecule has 0 aliphatic carbocycles. The number of nitrogens with one attached hydrogen (secondary N) is 2. The second kappa shape index (κ2) is 8.67. The van der Waals surface area contributed by atoms with Crippen molar-refractivity contribution in [1.82, 2.24) is 10.2 Å². The smallest absolute Gasteiger partial charge is 0.254 e. The molecule has 0 aromatic heterocycles. The fourth-order valence-corrected chi connectivity index (χ4v) is 4.04. The molecule has 0 saturated carbocycles. The van der Waals surface area contributed by atoms with Crippen molar-refractivity contribution in [3.05, 3.63) is 53.1 Å². The Labute approximate surface area is 180 Å². The lowest BCUT2D eigenvalue weighted by Crippen LogP contribution is -2.42. The van der Waals surface area contributed by atoms with Crippen LogP contribution in [0.5, 0.6) is 11.5 Å². The average molecular weight is 423 g/mol. The standard InChI is InChI=1S/C23H25N3O5/c1-30-19-11-14-9-10-26(13-15(14)12-20(19)31-2)21(27)8-7-18-23(29)24-17-6-4-3-5-16(17)22(28)25-18/h3-6,11-12,18H,7-10,13H2,1-2H3,(H,24,29)(H,25,28)/t18-/m1/s1. The number of benzene rings is 2. The number of para-hydroxylation sites is 1. The number of rotatable bonds is 5. The third-order valence-corrected chi connectivity index (χ3v) is 5.77. The zero-order chi connectivity index (χ0) is 22.0. The van der Waals surface area contributed by atoms with E-state index in [1.54, 1.807) is 43.4 Å². The van der Waals surface area contributed by atoms with Gasteiger partial charge in [-0.15, -0.1) is 0 Å². The van der Waals surface area contributed by atoms with E-state index in [2.05, 4.69) is 10.6 Å². The zero-order valence-corrected chi connectivity index (χ0v) is 17.6. The van der Waals surface area contributed by atoms with Crippen molar-refractivity contribution < 1.29 is 23.9 Å². The molecule has 0 fully saturated rings. The molecule has 8 heteroatoms. The van der Waals surface area contributed by atoms with Crippen LogP contribution in [-0.2, 0) is 22.6 Å². The van der Waals surface area contributed by atoms with Gasteiger partial charge in [0, 0.05) is 19.5 Å². The predicted octanol–water partition coefficient (Wildman–Crippen LogP) is 2.12. The third-order valence-electron chi connectivity index (χ3n) is 5.77. The molecule has 31 heavy (non-hydrogen) atoms. The summed E-state index contributed by atoms with van der Waals surface area (Å²) in [7, 11) is 3.18. The molecule has 0 bridgehead atoms. The van der Waals surface area contributed by atoms with Gasteiger partial charge in [-0.2, -0.15) is 0 Å². The van der Waals surface area contributed by atoms with Crippen LogP contribution in [0.1, 0.15) is 34.3 Å². The topological polar surface area (TPSA) is 97.0 Å². The van der Waals surface area contributed by atoms with Gasteiger partial charge >= 0.3 is 0 Å². The van der Waals surface area contributed by atoms with Crippen molar-refractivity contribution in [2.75, 3.05) is 26.1 Å². The van der Waals surface area contributed by atoms with Gasteiger partial charge in [-0.3, -0.25) is 14.4 Å². The van der Waals surface area contributed by atoms with Crippen molar-refractivity contribution in [1.29, 1.82) is 0 Å². The fourth-order valence-electron chi connectivity index (χ4n) is 4.04. The van der Waals surface area contributed by atoms with Crippen molar-refractivity contribution in [3.63, 3.8) is 0 Å². The van der Waals surface area contributed by atoms with Gasteiger partial charge in [-0.25, -0.2) is 0 Å². The highest BCUT2D eigenvalue weighted by molar-refractivity contribution is 6.09. The van der Waals surface area contributed by atoms with Gasteiger partial charge in [-0.05, 0) is 48.2 Å². The van der Waals surface area contributed by atoms with Crippen LogP contribution in [0, 0.1) is 0 Å². The van der Waals surface area contributed by atoms with Crippen LogP contribution in [0.2, 0.25) is 0 Å². The molecule has 0 saturated heterocycles. The lowest BCUT2D eigenvalue weighted by Gasteiger charge is -2.30. The first kappa shape index (κ1) is 20.7. The van der Waals surface area contributed by atoms with E-state index in [0.717, 1.165) is 17.5 Å². The minimum Gasteiger partial charge on any atom is -0.493 e. The van der Waals surface area contributed by atoms with E-state index in [9.17, 15) is 14.4 Å². The van der Waals surface area contributed by atoms with Crippen LogP contribution in [-0.4, -0.2) is 49.4 Å². The van der Waals surface area contributed by atoms with Crippen molar-refractivity contribution in [2.45, 2.75) is 31.8 Å². The summed E-state index contributed by atoms with van der Waals surface area (Å²) in [5.41, 5.74) is 3.06. The normalized spacial score (nSPS) is 17.6. The largest absolute Gasteiger partial charge is 0.493 e. The summed E-state index contributed by atoms with van der Waals surface area (Å²) in [6, 6.07) is 9.96. The number of fused-ring (bicyclic) bond motifs is 2. The molecule has 2 aliphatic rings. The van der Waals surface area contributed by atoms with E-state index in [-0.39, 0.29) is 30.6 Å². The Morgan fingerprint density at radius 1 is 1.10 bits per heavy atom. The summed E-state index contributed by atoms with van der Waals surface area (Å²) in [5.74, 6) is 0.626. The molecule has 1 atom stereocenters. The molecular weight excluding hydrogens is 398 g/mol. The Morgan fingerprint density at radius 2 is 1.81 bits per heavy atom. The van der Waals surface area contributed by atoms with E-state index in [1.165, 1.54) is 0 Å². The second-order valence-corrected chi connectivity index (χ2v) is 7.64. The Kier molecular flexibility index (Phi) is 5.79. The van der Waals surface area contributed by atoms with Gasteiger partial charge in [0.1, 0.15) is 6.04 Å². The number of carbonyl (C=O) groups excluding carboxylic acids is 3. The van der Waals surface area contributed by atoms with Crippen LogP contribution in [0.4, 0.5) is 5.69 Å². The maximum absolute atomic E-state index is 12.8. The number of anilines is 1. The van der Waals surface area contributed by atoms with Crippen LogP contribution in [0.25, 0.3) is 0 Å². The lowest BCUT2D eigenvalue weighted by atomic mass is 9.98. The maximum atomic E-state index is 12.8. The molecule has 2 aromatic carbocycles. The highest BCUT2D eigenvalue weighted by atomic mass is 16.5. The number of amides is 3. The predicted molar refractivity (Wildman–Crippen MR) is 114 cm³/mol. The molecule has 2 aliphatic heterocycles. The summed E-state index contributed by atoms with van der Waals surface area (Å²) in [6.45, 7) is 1.07. The Balaban J connectivity index is 1.40. The maximum Gasteiger partial charge on any atom is 0.254 e. The summed E-state index contributed by atoms with van der Waals surface area (Å²) in [4.78, 5) is 39.6. The lowest BCUT2D eigenvalue weighted by molar-refractivity contribution is -0.132. The van der Waals surface area contributed by atoms with Gasteiger partial charge in [0.2, 0.25) is 11.8 Å². The Bertz CT molecular complexity index is 1040. The molecule has 2 aromatic rings. The second-order valence-electron chi connectivity index (χ2n) is 7.64. The first-order valence-corrected chi connectivity index (χ1v) is 10.2. The molecule has 0 spiro atoms. The van der Waals surface area contributed by atoms with Gasteiger partial charge in [-0.1, -0.05) is 12.1 Å². The highest BCUT2D eigenvalue weighted by Crippen LogP contribution is 2.33. The SMILES string of the molecule is COc1cc2c(cc1OC)CN(C(=O)CC[C@H]1NC(=O)c3ccccc3NC1=O)CC2. The first-order chi connectivity index (χ1) is 15.0. The van der Waals surface area contributed by atoms with Crippen LogP contribution in [0.15, 0.2) is 36.4 Å². The van der Waals surface area contributed by atoms with Gasteiger partial charge in [0.05, 0.1) is 25.5 Å². The van der Waals surface area contributed by atoms with Gasteiger partial charge < -0.3 is 25.0 Å². The van der Waals surface area contributed by atoms with Crippen LogP contribution in [0.3, 0.4) is 0 Å². The molecule has 2 N–H and O–H groups in total. The Hall–Kier alpha value is -3.55. The number of methoxy groups -OCH3 is 2. The quantitative estimate of drug-likeness (QED) is 0.768. The highest BCUT2D eigenvalue weighted by Gasteiger charge is 2.29. The van der Waals surface area contributed by atoms with Crippen LogP contribution >= 0.6 is 0 Å². The number of carbonyl (C=O) groups is 3. The molecule has 8 nitrogen and oxygen atoms in total. The molecule has 4 rings (SSSR count). The number of hydrogen-bond acceptors (Lipinski definition) is 5. The molecule has 3 amide bonds. The average Bonchev–Trinajstić information content (AvgIpc) is 2.91. The zero-order valence-electron chi connectivity index (χ0n) is 17.6. The summed E-state index contributed by atoms with van der Waals surface area (Å²) >= 11 is 0. The molecule has 162 valence electrons. The summed E-state index contributed by atoms with van der Waals surface area (Å²) < 4.78 is 10.7. The summed E-state index contributed by atoms with van der Waals surface area (Å²) in [6.07, 6.45) is 1.12. The molecule has 0 radical (unpaired) electrons. The monoisotopic (exact) mass is 423 g/mol. The minimum atomic E-state index is -0.759. The van der Waals surface area contributed by atoms with E-state index in [4.69, 9.17) is 9.47 Å². The number of ether oxygens (including phenoxy) is 2. The molecule has 2 heterocycles. The molecular formula is C23H25N3O5. The van der Waals surface area contributed by atoms with Crippen LogP contribution < -0.4 is 20.1 Å². The van der Waals surface area contributed by atoms with Gasteiger partial charge in [0.15, 0.2) is 11.5 Å². The van der Waals surface area contributed by atoms with Crippen molar-refractivity contribution in [2.24, 2.45) is 0 Å².